The summed E-state index contributed by atoms with van der Waals surface area (Å²) < 4.78 is 33.4. The molecule has 0 saturated carbocycles. The number of nitro groups is 1. The molecule has 170 valence electrons. The molecule has 2 atom stereocenters. The predicted molar refractivity (Wildman–Crippen MR) is 117 cm³/mol. The topological polar surface area (TPSA) is 141 Å². The Kier molecular flexibility index (Phi) is 6.29. The Morgan fingerprint density at radius 1 is 1.06 bits per heavy atom. The number of ether oxygens (including phenoxy) is 1. The van der Waals surface area contributed by atoms with Gasteiger partial charge in [0.1, 0.15) is 18.4 Å². The van der Waals surface area contributed by atoms with E-state index in [-0.39, 0.29) is 22.7 Å². The quantitative estimate of drug-likeness (QED) is 0.446. The third kappa shape index (κ3) is 4.52. The van der Waals surface area contributed by atoms with Gasteiger partial charge in [0.2, 0.25) is 10.0 Å². The Balaban J connectivity index is 1.39. The second-order valence-electron chi connectivity index (χ2n) is 7.98. The maximum absolute atomic E-state index is 13.1. The Bertz CT molecular complexity index is 1240. The number of non-ortho nitro benzene ring substituents is 1. The van der Waals surface area contributed by atoms with E-state index in [0.29, 0.717) is 43.1 Å². The molecule has 2 saturated heterocycles. The standard InChI is InChI=1S/C22H21N5O5S/c23-12-16-1-8-22(17(11-16)13-24)32-10-9-26-19-2-3-20(26)15-25(14-19)33(30,31)21-6-4-18(5-7-21)27(28)29/h1,4-8,11,19-20H,2-3,9-10,14-15H2. The molecule has 0 N–H and O–H groups in total. The van der Waals surface area contributed by atoms with Gasteiger partial charge in [0, 0.05) is 43.9 Å². The van der Waals surface area contributed by atoms with Gasteiger partial charge in [-0.1, -0.05) is 0 Å². The van der Waals surface area contributed by atoms with Crippen molar-refractivity contribution in [2.75, 3.05) is 26.2 Å². The lowest BCUT2D eigenvalue weighted by molar-refractivity contribution is -0.384. The fraction of sp³-hybridized carbons (Fsp3) is 0.364. The normalized spacial score (nSPS) is 20.7. The van der Waals surface area contributed by atoms with E-state index in [1.165, 1.54) is 34.6 Å². The van der Waals surface area contributed by atoms with Crippen molar-refractivity contribution < 1.29 is 18.1 Å². The predicted octanol–water partition coefficient (Wildman–Crippen LogP) is 2.25. The molecule has 0 amide bonds. The number of nitrogens with zero attached hydrogens (tertiary/aromatic N) is 5. The van der Waals surface area contributed by atoms with Crippen LogP contribution in [0.5, 0.6) is 5.75 Å². The molecule has 10 nitrogen and oxygen atoms in total. The number of sulfonamides is 1. The summed E-state index contributed by atoms with van der Waals surface area (Å²) in [5, 5.41) is 29.1. The molecule has 4 rings (SSSR count). The highest BCUT2D eigenvalue weighted by atomic mass is 32.2. The first-order chi connectivity index (χ1) is 15.8. The van der Waals surface area contributed by atoms with Crippen molar-refractivity contribution in [2.45, 2.75) is 29.8 Å². The van der Waals surface area contributed by atoms with Crippen molar-refractivity contribution in [3.05, 3.63) is 63.7 Å². The van der Waals surface area contributed by atoms with Crippen LogP contribution >= 0.6 is 0 Å². The van der Waals surface area contributed by atoms with Gasteiger partial charge in [-0.25, -0.2) is 8.42 Å². The first kappa shape index (κ1) is 22.7. The fourth-order valence-electron chi connectivity index (χ4n) is 4.48. The summed E-state index contributed by atoms with van der Waals surface area (Å²) in [6, 6.07) is 13.8. The summed E-state index contributed by atoms with van der Waals surface area (Å²) in [4.78, 5) is 12.6. The Morgan fingerprint density at radius 2 is 1.73 bits per heavy atom. The summed E-state index contributed by atoms with van der Waals surface area (Å²) in [5.41, 5.74) is 0.541. The largest absolute Gasteiger partial charge is 0.491 e. The van der Waals surface area contributed by atoms with Crippen LogP contribution in [0.2, 0.25) is 0 Å². The monoisotopic (exact) mass is 467 g/mol. The summed E-state index contributed by atoms with van der Waals surface area (Å²) >= 11 is 0. The maximum atomic E-state index is 13.1. The summed E-state index contributed by atoms with van der Waals surface area (Å²) in [5.74, 6) is 0.420. The summed E-state index contributed by atoms with van der Waals surface area (Å²) in [6.07, 6.45) is 1.74. The zero-order valence-electron chi connectivity index (χ0n) is 17.6. The molecule has 0 aliphatic carbocycles. The molecule has 11 heteroatoms. The number of nitro benzene ring substituents is 1. The molecule has 33 heavy (non-hydrogen) atoms. The van der Waals surface area contributed by atoms with Crippen molar-refractivity contribution in [1.29, 1.82) is 10.5 Å². The Morgan fingerprint density at radius 3 is 2.30 bits per heavy atom. The van der Waals surface area contributed by atoms with Gasteiger partial charge in [-0.05, 0) is 43.2 Å². The van der Waals surface area contributed by atoms with Gasteiger partial charge in [-0.3, -0.25) is 15.0 Å². The summed E-state index contributed by atoms with van der Waals surface area (Å²) in [6.45, 7) is 1.61. The SMILES string of the molecule is N#Cc1ccc(OCCN2C3CCC2CN(S(=O)(=O)c2ccc([N+](=O)[O-])cc2)C3)c(C#N)c1. The molecule has 2 heterocycles. The minimum atomic E-state index is -3.74. The molecule has 2 aromatic rings. The molecule has 2 aromatic carbocycles. The highest BCUT2D eigenvalue weighted by molar-refractivity contribution is 7.89. The first-order valence-corrected chi connectivity index (χ1v) is 11.8. The van der Waals surface area contributed by atoms with Gasteiger partial charge in [-0.2, -0.15) is 14.8 Å². The molecule has 0 radical (unpaired) electrons. The molecule has 2 aliphatic rings. The minimum absolute atomic E-state index is 0.0501. The molecule has 2 unspecified atom stereocenters. The lowest BCUT2D eigenvalue weighted by atomic mass is 10.1. The second-order valence-corrected chi connectivity index (χ2v) is 9.92. The molecule has 2 bridgehead atoms. The van der Waals surface area contributed by atoms with Crippen LogP contribution in [0.4, 0.5) is 5.69 Å². The minimum Gasteiger partial charge on any atom is -0.491 e. The third-order valence-electron chi connectivity index (χ3n) is 6.12. The van der Waals surface area contributed by atoms with Gasteiger partial charge in [0.25, 0.3) is 5.69 Å². The Hall–Kier alpha value is -3.51. The van der Waals surface area contributed by atoms with Gasteiger partial charge in [0.15, 0.2) is 0 Å². The summed E-state index contributed by atoms with van der Waals surface area (Å²) in [7, 11) is -3.74. The maximum Gasteiger partial charge on any atom is 0.269 e. The van der Waals surface area contributed by atoms with E-state index in [0.717, 1.165) is 12.8 Å². The number of fused-ring (bicyclic) bond motifs is 2. The highest BCUT2D eigenvalue weighted by Gasteiger charge is 2.43. The van der Waals surface area contributed by atoms with Crippen molar-refractivity contribution in [3.63, 3.8) is 0 Å². The molecule has 0 spiro atoms. The average molecular weight is 468 g/mol. The molecule has 2 aliphatic heterocycles. The molecule has 2 fully saturated rings. The molecule has 0 aromatic heterocycles. The van der Waals surface area contributed by atoms with Gasteiger partial charge < -0.3 is 4.74 Å². The van der Waals surface area contributed by atoms with Crippen LogP contribution in [-0.4, -0.2) is 60.9 Å². The van der Waals surface area contributed by atoms with E-state index in [4.69, 9.17) is 10.00 Å². The van der Waals surface area contributed by atoms with Crippen LogP contribution < -0.4 is 4.74 Å². The van der Waals surface area contributed by atoms with E-state index in [9.17, 15) is 23.8 Å². The van der Waals surface area contributed by atoms with E-state index in [1.54, 1.807) is 12.1 Å². The number of benzene rings is 2. The van der Waals surface area contributed by atoms with Crippen LogP contribution in [0.25, 0.3) is 0 Å². The van der Waals surface area contributed by atoms with Crippen LogP contribution in [0.3, 0.4) is 0 Å². The first-order valence-electron chi connectivity index (χ1n) is 10.4. The lowest BCUT2D eigenvalue weighted by Gasteiger charge is -2.40. The molecular weight excluding hydrogens is 446 g/mol. The zero-order chi connectivity index (χ0) is 23.6. The van der Waals surface area contributed by atoms with Crippen LogP contribution in [0.15, 0.2) is 47.4 Å². The van der Waals surface area contributed by atoms with Crippen molar-refractivity contribution in [1.82, 2.24) is 9.21 Å². The van der Waals surface area contributed by atoms with E-state index < -0.39 is 14.9 Å². The number of piperazine rings is 1. The highest BCUT2D eigenvalue weighted by Crippen LogP contribution is 2.33. The van der Waals surface area contributed by atoms with Crippen LogP contribution in [-0.2, 0) is 10.0 Å². The van der Waals surface area contributed by atoms with E-state index in [2.05, 4.69) is 4.90 Å². The van der Waals surface area contributed by atoms with Crippen molar-refractivity contribution in [2.24, 2.45) is 0 Å². The number of nitriles is 2. The third-order valence-corrected chi connectivity index (χ3v) is 7.97. The number of rotatable bonds is 7. The van der Waals surface area contributed by atoms with Gasteiger partial charge in [0.05, 0.1) is 27.0 Å². The lowest BCUT2D eigenvalue weighted by Crippen LogP contribution is -2.55. The van der Waals surface area contributed by atoms with Gasteiger partial charge in [-0.15, -0.1) is 0 Å². The van der Waals surface area contributed by atoms with Crippen LogP contribution in [0, 0.1) is 32.8 Å². The smallest absolute Gasteiger partial charge is 0.269 e. The Labute approximate surface area is 191 Å². The second kappa shape index (κ2) is 9.16. The molecular formula is C22H21N5O5S. The van der Waals surface area contributed by atoms with Crippen molar-refractivity contribution in [3.8, 4) is 17.9 Å². The van der Waals surface area contributed by atoms with E-state index >= 15 is 0 Å². The van der Waals surface area contributed by atoms with Crippen molar-refractivity contribution >= 4 is 15.7 Å². The van der Waals surface area contributed by atoms with Crippen LogP contribution in [0.1, 0.15) is 24.0 Å². The number of hydrogen-bond acceptors (Lipinski definition) is 8. The van der Waals surface area contributed by atoms with E-state index in [1.807, 2.05) is 12.1 Å². The fourth-order valence-corrected chi connectivity index (χ4v) is 5.99. The zero-order valence-corrected chi connectivity index (χ0v) is 18.4. The number of hydrogen-bond donors (Lipinski definition) is 0. The average Bonchev–Trinajstić information content (AvgIpc) is 3.05. The van der Waals surface area contributed by atoms with Gasteiger partial charge >= 0.3 is 0 Å².